The lowest BCUT2D eigenvalue weighted by Crippen LogP contribution is -2.22. The lowest BCUT2D eigenvalue weighted by Gasteiger charge is -2.15. The van der Waals surface area contributed by atoms with Gasteiger partial charge in [-0.1, -0.05) is 11.6 Å². The van der Waals surface area contributed by atoms with Crippen molar-refractivity contribution in [3.63, 3.8) is 0 Å². The highest BCUT2D eigenvalue weighted by Gasteiger charge is 2.16. The Morgan fingerprint density at radius 3 is 2.57 bits per heavy atom. The van der Waals surface area contributed by atoms with Gasteiger partial charge in [0.1, 0.15) is 11.4 Å². The quantitative estimate of drug-likeness (QED) is 0.940. The van der Waals surface area contributed by atoms with E-state index in [0.717, 1.165) is 5.56 Å². The van der Waals surface area contributed by atoms with E-state index < -0.39 is 17.1 Å². The Labute approximate surface area is 125 Å². The molecule has 21 heavy (non-hydrogen) atoms. The maximum Gasteiger partial charge on any atom is 0.360 e. The van der Waals surface area contributed by atoms with Gasteiger partial charge in [-0.15, -0.1) is 0 Å². The maximum atomic E-state index is 11.6. The zero-order valence-corrected chi connectivity index (χ0v) is 12.4. The van der Waals surface area contributed by atoms with Crippen molar-refractivity contribution in [1.82, 2.24) is 9.78 Å². The van der Waals surface area contributed by atoms with Crippen molar-refractivity contribution in [3.05, 3.63) is 50.4 Å². The van der Waals surface area contributed by atoms with E-state index >= 15 is 0 Å². The fourth-order valence-corrected chi connectivity index (χ4v) is 2.07. The Kier molecular flexibility index (Phi) is 3.99. The average Bonchev–Trinajstić information content (AvgIpc) is 2.41. The van der Waals surface area contributed by atoms with Crippen LogP contribution in [0.5, 0.6) is 5.75 Å². The van der Waals surface area contributed by atoms with Gasteiger partial charge in [-0.25, -0.2) is 9.48 Å². The fraction of sp³-hybridized carbons (Fsp3) is 0.214. The van der Waals surface area contributed by atoms with Crippen LogP contribution in [0.3, 0.4) is 0 Å². The summed E-state index contributed by atoms with van der Waals surface area (Å²) in [6.45, 7) is 3.46. The number of carbonyl (C=O) groups is 1. The summed E-state index contributed by atoms with van der Waals surface area (Å²) in [4.78, 5) is 22.7. The molecule has 0 saturated heterocycles. The van der Waals surface area contributed by atoms with Crippen LogP contribution in [0.4, 0.5) is 0 Å². The van der Waals surface area contributed by atoms with Crippen LogP contribution < -0.4 is 10.2 Å². The summed E-state index contributed by atoms with van der Waals surface area (Å²) in [7, 11) is 1.47. The number of aromatic nitrogens is 2. The summed E-state index contributed by atoms with van der Waals surface area (Å²) >= 11 is 6.04. The smallest absolute Gasteiger partial charge is 0.360 e. The van der Waals surface area contributed by atoms with Gasteiger partial charge in [-0.05, 0) is 25.5 Å². The van der Waals surface area contributed by atoms with Gasteiger partial charge in [0.15, 0.2) is 0 Å². The number of nitrogens with zero attached hydrogens (tertiary/aromatic N) is 2. The molecule has 1 heterocycles. The molecule has 0 aliphatic carbocycles. The summed E-state index contributed by atoms with van der Waals surface area (Å²) in [5.41, 5.74) is 0.602. The fourth-order valence-electron chi connectivity index (χ4n) is 1.92. The van der Waals surface area contributed by atoms with Crippen LogP contribution in [0, 0.1) is 13.8 Å². The molecule has 0 bridgehead atoms. The van der Waals surface area contributed by atoms with Gasteiger partial charge < -0.3 is 9.84 Å². The molecule has 110 valence electrons. The van der Waals surface area contributed by atoms with Crippen molar-refractivity contribution >= 4 is 17.6 Å². The van der Waals surface area contributed by atoms with Crippen molar-refractivity contribution < 1.29 is 14.6 Å². The second-order valence-corrected chi connectivity index (χ2v) is 4.90. The highest BCUT2D eigenvalue weighted by atomic mass is 35.5. The van der Waals surface area contributed by atoms with Gasteiger partial charge in [0.25, 0.3) is 0 Å². The molecule has 6 nitrogen and oxygen atoms in total. The van der Waals surface area contributed by atoms with E-state index in [-0.39, 0.29) is 0 Å². The number of benzene rings is 1. The van der Waals surface area contributed by atoms with Gasteiger partial charge in [-0.3, -0.25) is 4.79 Å². The third kappa shape index (κ3) is 2.75. The molecule has 0 atom stereocenters. The van der Waals surface area contributed by atoms with Gasteiger partial charge >= 0.3 is 5.97 Å². The van der Waals surface area contributed by atoms with Crippen LogP contribution >= 0.6 is 11.6 Å². The van der Waals surface area contributed by atoms with E-state index in [1.54, 1.807) is 26.0 Å². The van der Waals surface area contributed by atoms with Gasteiger partial charge in [-0.2, -0.15) is 5.10 Å². The normalized spacial score (nSPS) is 10.5. The average molecular weight is 309 g/mol. The third-order valence-corrected chi connectivity index (χ3v) is 3.41. The molecule has 1 aromatic heterocycles. The third-order valence-electron chi connectivity index (χ3n) is 3.00. The first kappa shape index (κ1) is 15.1. The Balaban J connectivity index is 2.78. The molecule has 2 rings (SSSR count). The van der Waals surface area contributed by atoms with Crippen molar-refractivity contribution in [1.29, 1.82) is 0 Å². The second kappa shape index (κ2) is 5.57. The molecule has 7 heteroatoms. The van der Waals surface area contributed by atoms with Gasteiger partial charge in [0, 0.05) is 22.8 Å². The molecule has 0 amide bonds. The Bertz CT molecular complexity index is 783. The van der Waals surface area contributed by atoms with E-state index in [0.29, 0.717) is 22.2 Å². The first-order chi connectivity index (χ1) is 9.85. The van der Waals surface area contributed by atoms with Crippen LogP contribution in [0.1, 0.15) is 21.7 Å². The first-order valence-electron chi connectivity index (χ1n) is 6.04. The topological polar surface area (TPSA) is 81.4 Å². The molecular weight excluding hydrogens is 296 g/mol. The molecule has 0 radical (unpaired) electrons. The van der Waals surface area contributed by atoms with E-state index in [2.05, 4.69) is 5.10 Å². The van der Waals surface area contributed by atoms with Gasteiger partial charge in [0.05, 0.1) is 7.11 Å². The monoisotopic (exact) mass is 308 g/mol. The standard InChI is InChI=1S/C14H13ClN2O4/c1-7-4-10(12(21-3)6-9(7)15)17-8(2)5-11(18)13(16-17)14(19)20/h4-6H,1-3H3,(H,19,20). The summed E-state index contributed by atoms with van der Waals surface area (Å²) in [6, 6.07) is 4.56. The van der Waals surface area contributed by atoms with E-state index in [1.807, 2.05) is 0 Å². The highest BCUT2D eigenvalue weighted by molar-refractivity contribution is 6.31. The second-order valence-electron chi connectivity index (χ2n) is 4.49. The van der Waals surface area contributed by atoms with Gasteiger partial charge in [0.2, 0.25) is 11.1 Å². The summed E-state index contributed by atoms with van der Waals surface area (Å²) in [5, 5.41) is 13.4. The zero-order valence-electron chi connectivity index (χ0n) is 11.7. The van der Waals surface area contributed by atoms with Crippen LogP contribution in [-0.2, 0) is 0 Å². The Morgan fingerprint density at radius 1 is 1.33 bits per heavy atom. The molecule has 1 aromatic carbocycles. The van der Waals surface area contributed by atoms with Crippen LogP contribution in [0.25, 0.3) is 5.69 Å². The minimum Gasteiger partial charge on any atom is -0.494 e. The Morgan fingerprint density at radius 2 is 2.00 bits per heavy atom. The number of carboxylic acids is 1. The number of hydrogen-bond acceptors (Lipinski definition) is 4. The number of rotatable bonds is 3. The van der Waals surface area contributed by atoms with Crippen molar-refractivity contribution in [3.8, 4) is 11.4 Å². The van der Waals surface area contributed by atoms with Crippen LogP contribution in [0.15, 0.2) is 23.0 Å². The molecule has 0 spiro atoms. The lowest BCUT2D eigenvalue weighted by molar-refractivity contribution is 0.0686. The SMILES string of the molecule is COc1cc(Cl)c(C)cc1-n1nc(C(=O)O)c(=O)cc1C. The molecule has 0 fully saturated rings. The number of aromatic carboxylic acids is 1. The summed E-state index contributed by atoms with van der Waals surface area (Å²) in [5.74, 6) is -0.945. The van der Waals surface area contributed by atoms with Crippen molar-refractivity contribution in [2.45, 2.75) is 13.8 Å². The molecular formula is C14H13ClN2O4. The molecule has 0 saturated carbocycles. The number of aryl methyl sites for hydroxylation is 2. The highest BCUT2D eigenvalue weighted by Crippen LogP contribution is 2.29. The summed E-state index contributed by atoms with van der Waals surface area (Å²) in [6.07, 6.45) is 0. The van der Waals surface area contributed by atoms with Crippen molar-refractivity contribution in [2.75, 3.05) is 7.11 Å². The van der Waals surface area contributed by atoms with E-state index in [4.69, 9.17) is 21.4 Å². The number of methoxy groups -OCH3 is 1. The minimum atomic E-state index is -1.38. The maximum absolute atomic E-state index is 11.6. The minimum absolute atomic E-state index is 0.432. The first-order valence-corrected chi connectivity index (χ1v) is 6.41. The largest absolute Gasteiger partial charge is 0.494 e. The molecule has 2 aromatic rings. The lowest BCUT2D eigenvalue weighted by atomic mass is 10.2. The molecule has 0 unspecified atom stereocenters. The van der Waals surface area contributed by atoms with Crippen molar-refractivity contribution in [2.24, 2.45) is 0 Å². The summed E-state index contributed by atoms with van der Waals surface area (Å²) < 4.78 is 6.60. The van der Waals surface area contributed by atoms with E-state index in [9.17, 15) is 9.59 Å². The Hall–Kier alpha value is -2.34. The van der Waals surface area contributed by atoms with E-state index in [1.165, 1.54) is 17.9 Å². The van der Waals surface area contributed by atoms with Crippen LogP contribution in [0.2, 0.25) is 5.02 Å². The number of hydrogen-bond donors (Lipinski definition) is 1. The molecule has 0 aliphatic rings. The number of carboxylic acid groups (broad SMARTS) is 1. The predicted molar refractivity (Wildman–Crippen MR) is 77.8 cm³/mol. The predicted octanol–water partition coefficient (Wildman–Crippen LogP) is 2.21. The van der Waals surface area contributed by atoms with Crippen LogP contribution in [-0.4, -0.2) is 28.0 Å². The molecule has 0 aliphatic heterocycles. The zero-order chi connectivity index (χ0) is 15.7. The molecule has 1 N–H and O–H groups in total. The number of halogens is 1. The number of ether oxygens (including phenoxy) is 1.